The Kier molecular flexibility index (Phi) is 5.43. The highest BCUT2D eigenvalue weighted by Crippen LogP contribution is 2.35. The highest BCUT2D eigenvalue weighted by Gasteiger charge is 2.19. The molecular weight excluding hydrogens is 432 g/mol. The molecule has 1 aromatic carbocycles. The number of carbonyl (C=O) groups is 2. The van der Waals surface area contributed by atoms with Crippen molar-refractivity contribution >= 4 is 46.4 Å². The topological polar surface area (TPSA) is 118 Å². The SMILES string of the molecule is O=C(O)Cc1csc(Sc2nnc(-c3cccs3)n2-c2ccc(C(=O)O)cc2)n1. The highest BCUT2D eigenvalue weighted by molar-refractivity contribution is 8.00. The lowest BCUT2D eigenvalue weighted by Gasteiger charge is -2.09. The molecule has 3 aromatic heterocycles. The Bertz CT molecular complexity index is 1170. The zero-order valence-corrected chi connectivity index (χ0v) is 17.0. The van der Waals surface area contributed by atoms with Gasteiger partial charge in [0.2, 0.25) is 5.16 Å². The fourth-order valence-electron chi connectivity index (χ4n) is 2.54. The van der Waals surface area contributed by atoms with E-state index in [4.69, 9.17) is 10.2 Å². The number of thiazole rings is 1. The Labute approximate surface area is 176 Å². The van der Waals surface area contributed by atoms with E-state index in [2.05, 4.69) is 15.2 Å². The van der Waals surface area contributed by atoms with E-state index in [-0.39, 0.29) is 12.0 Å². The zero-order chi connectivity index (χ0) is 20.4. The number of carboxylic acids is 2. The molecule has 0 unspecified atom stereocenters. The van der Waals surface area contributed by atoms with Crippen molar-refractivity contribution in [3.8, 4) is 16.4 Å². The second kappa shape index (κ2) is 8.15. The Morgan fingerprint density at radius 3 is 2.52 bits per heavy atom. The van der Waals surface area contributed by atoms with Gasteiger partial charge in [-0.3, -0.25) is 9.36 Å². The number of nitrogens with zero attached hydrogens (tertiary/aromatic N) is 4. The van der Waals surface area contributed by atoms with Crippen LogP contribution in [0.15, 0.2) is 56.7 Å². The van der Waals surface area contributed by atoms with Gasteiger partial charge >= 0.3 is 11.9 Å². The molecule has 0 radical (unpaired) electrons. The molecule has 4 rings (SSSR count). The van der Waals surface area contributed by atoms with Crippen molar-refractivity contribution in [2.45, 2.75) is 15.9 Å². The molecule has 0 aliphatic heterocycles. The summed E-state index contributed by atoms with van der Waals surface area (Å²) in [4.78, 5) is 27.3. The molecule has 0 aliphatic carbocycles. The Morgan fingerprint density at radius 1 is 1.07 bits per heavy atom. The van der Waals surface area contributed by atoms with Gasteiger partial charge in [-0.25, -0.2) is 9.78 Å². The summed E-state index contributed by atoms with van der Waals surface area (Å²) in [6.45, 7) is 0. The minimum Gasteiger partial charge on any atom is -0.481 e. The maximum absolute atomic E-state index is 11.2. The van der Waals surface area contributed by atoms with E-state index in [0.29, 0.717) is 26.7 Å². The molecule has 0 amide bonds. The number of aliphatic carboxylic acids is 1. The molecule has 29 heavy (non-hydrogen) atoms. The first kappa shape index (κ1) is 19.3. The average molecular weight is 445 g/mol. The first-order chi connectivity index (χ1) is 14.0. The molecule has 146 valence electrons. The van der Waals surface area contributed by atoms with Crippen LogP contribution in [0.25, 0.3) is 16.4 Å². The van der Waals surface area contributed by atoms with Crippen molar-refractivity contribution in [1.82, 2.24) is 19.7 Å². The van der Waals surface area contributed by atoms with Crippen LogP contribution in [0.2, 0.25) is 0 Å². The third-order valence-corrected chi connectivity index (χ3v) is 6.59. The molecule has 0 saturated heterocycles. The summed E-state index contributed by atoms with van der Waals surface area (Å²) in [7, 11) is 0. The van der Waals surface area contributed by atoms with Crippen LogP contribution in [0.4, 0.5) is 0 Å². The van der Waals surface area contributed by atoms with E-state index >= 15 is 0 Å². The first-order valence-electron chi connectivity index (χ1n) is 8.18. The van der Waals surface area contributed by atoms with Crippen LogP contribution in [0.1, 0.15) is 16.1 Å². The van der Waals surface area contributed by atoms with Crippen molar-refractivity contribution in [1.29, 1.82) is 0 Å². The van der Waals surface area contributed by atoms with Crippen molar-refractivity contribution in [3.05, 3.63) is 58.4 Å². The average Bonchev–Trinajstić information content (AvgIpc) is 3.43. The molecule has 0 fully saturated rings. The lowest BCUT2D eigenvalue weighted by molar-refractivity contribution is -0.136. The minimum atomic E-state index is -0.998. The quantitative estimate of drug-likeness (QED) is 0.440. The minimum absolute atomic E-state index is 0.138. The number of hydrogen-bond donors (Lipinski definition) is 2. The van der Waals surface area contributed by atoms with Gasteiger partial charge in [-0.1, -0.05) is 6.07 Å². The molecule has 3 heterocycles. The third-order valence-electron chi connectivity index (χ3n) is 3.79. The van der Waals surface area contributed by atoms with E-state index in [0.717, 1.165) is 4.88 Å². The molecule has 11 heteroatoms. The molecule has 8 nitrogen and oxygen atoms in total. The molecule has 2 N–H and O–H groups in total. The van der Waals surface area contributed by atoms with Crippen molar-refractivity contribution in [2.75, 3.05) is 0 Å². The third kappa shape index (κ3) is 4.21. The second-order valence-electron chi connectivity index (χ2n) is 5.75. The van der Waals surface area contributed by atoms with Crippen LogP contribution in [-0.4, -0.2) is 41.9 Å². The van der Waals surface area contributed by atoms with Crippen LogP contribution in [0.3, 0.4) is 0 Å². The van der Waals surface area contributed by atoms with Crippen LogP contribution >= 0.6 is 34.4 Å². The van der Waals surface area contributed by atoms with Crippen molar-refractivity contribution in [2.24, 2.45) is 0 Å². The first-order valence-corrected chi connectivity index (χ1v) is 10.8. The van der Waals surface area contributed by atoms with Gasteiger partial charge < -0.3 is 10.2 Å². The van der Waals surface area contributed by atoms with Gasteiger partial charge in [0.25, 0.3) is 0 Å². The zero-order valence-electron chi connectivity index (χ0n) is 14.6. The van der Waals surface area contributed by atoms with Gasteiger partial charge in [0.15, 0.2) is 10.2 Å². The number of aromatic nitrogens is 4. The lowest BCUT2D eigenvalue weighted by Crippen LogP contribution is -2.01. The predicted molar refractivity (Wildman–Crippen MR) is 109 cm³/mol. The predicted octanol–water partition coefficient (Wildman–Crippen LogP) is 3.93. The van der Waals surface area contributed by atoms with Crippen molar-refractivity contribution in [3.63, 3.8) is 0 Å². The smallest absolute Gasteiger partial charge is 0.335 e. The number of aromatic carboxylic acids is 1. The molecule has 0 bridgehead atoms. The van der Waals surface area contributed by atoms with Crippen LogP contribution in [0.5, 0.6) is 0 Å². The highest BCUT2D eigenvalue weighted by atomic mass is 32.2. The molecule has 0 atom stereocenters. The summed E-state index contributed by atoms with van der Waals surface area (Å²) in [6.07, 6.45) is -0.138. The molecular formula is C18H12N4O4S3. The normalized spacial score (nSPS) is 10.9. The van der Waals surface area contributed by atoms with Gasteiger partial charge in [-0.15, -0.1) is 32.9 Å². The monoisotopic (exact) mass is 444 g/mol. The number of thiophene rings is 1. The summed E-state index contributed by atoms with van der Waals surface area (Å²) >= 11 is 4.13. The van der Waals surface area contributed by atoms with E-state index in [1.165, 1.54) is 46.6 Å². The van der Waals surface area contributed by atoms with Gasteiger partial charge in [0.1, 0.15) is 0 Å². The van der Waals surface area contributed by atoms with Crippen LogP contribution in [-0.2, 0) is 11.2 Å². The van der Waals surface area contributed by atoms with Crippen molar-refractivity contribution < 1.29 is 19.8 Å². The standard InChI is InChI=1S/C18H12N4O4S3/c23-14(24)8-11-9-28-18(19-11)29-17-21-20-15(13-2-1-7-27-13)22(17)12-5-3-10(4-6-12)16(25)26/h1-7,9H,8H2,(H,23,24)(H,25,26). The van der Waals surface area contributed by atoms with Gasteiger partial charge in [-0.2, -0.15) is 0 Å². The van der Waals surface area contributed by atoms with E-state index in [1.54, 1.807) is 17.5 Å². The maximum atomic E-state index is 11.2. The summed E-state index contributed by atoms with van der Waals surface area (Å²) < 4.78 is 2.48. The van der Waals surface area contributed by atoms with Gasteiger partial charge in [0, 0.05) is 11.1 Å². The fraction of sp³-hybridized carbons (Fsp3) is 0.0556. The number of benzene rings is 1. The van der Waals surface area contributed by atoms with Gasteiger partial charge in [0.05, 0.1) is 22.6 Å². The summed E-state index contributed by atoms with van der Waals surface area (Å²) in [5, 5.41) is 30.9. The Morgan fingerprint density at radius 2 is 1.86 bits per heavy atom. The van der Waals surface area contributed by atoms with Crippen LogP contribution < -0.4 is 0 Å². The number of rotatable bonds is 7. The molecule has 0 spiro atoms. The Hall–Kier alpha value is -3.02. The van der Waals surface area contributed by atoms with Crippen LogP contribution in [0, 0.1) is 0 Å². The summed E-state index contributed by atoms with van der Waals surface area (Å²) in [6, 6.07) is 10.3. The molecule has 4 aromatic rings. The largest absolute Gasteiger partial charge is 0.481 e. The number of hydrogen-bond acceptors (Lipinski definition) is 8. The summed E-state index contributed by atoms with van der Waals surface area (Å²) in [5.41, 5.74) is 1.39. The molecule has 0 saturated carbocycles. The van der Waals surface area contributed by atoms with E-state index < -0.39 is 11.9 Å². The molecule has 0 aliphatic rings. The second-order valence-corrected chi connectivity index (χ2v) is 8.77. The lowest BCUT2D eigenvalue weighted by atomic mass is 10.2. The van der Waals surface area contributed by atoms with Gasteiger partial charge in [-0.05, 0) is 47.5 Å². The number of carboxylic acid groups (broad SMARTS) is 2. The van der Waals surface area contributed by atoms with E-state index in [9.17, 15) is 9.59 Å². The summed E-state index contributed by atoms with van der Waals surface area (Å²) in [5.74, 6) is -1.30. The fourth-order valence-corrected chi connectivity index (χ4v) is 5.02. The van der Waals surface area contributed by atoms with E-state index in [1.807, 2.05) is 22.1 Å². The Balaban J connectivity index is 1.73. The maximum Gasteiger partial charge on any atom is 0.335 e.